The van der Waals surface area contributed by atoms with Gasteiger partial charge < -0.3 is 10.4 Å². The molecule has 0 saturated heterocycles. The maximum absolute atomic E-state index is 9.96. The van der Waals surface area contributed by atoms with Crippen LogP contribution in [0.15, 0.2) is 29.6 Å². The van der Waals surface area contributed by atoms with Crippen LogP contribution in [0, 0.1) is 3.57 Å². The molecule has 2 N–H and O–H groups in total. The number of hydrogen-bond donors (Lipinski definition) is 2. The molecular weight excluding hydrogens is 405 g/mol. The van der Waals surface area contributed by atoms with Crippen LogP contribution in [0.1, 0.15) is 47.1 Å². The molecular formula is C18H22INOS. The second-order valence-corrected chi connectivity index (χ2v) is 8.12. The maximum atomic E-state index is 9.96. The number of phenols is 1. The molecule has 0 radical (unpaired) electrons. The molecule has 0 aliphatic heterocycles. The van der Waals surface area contributed by atoms with Crippen molar-refractivity contribution in [1.29, 1.82) is 0 Å². The van der Waals surface area contributed by atoms with Crippen LogP contribution >= 0.6 is 33.9 Å². The monoisotopic (exact) mass is 427 g/mol. The Morgan fingerprint density at radius 2 is 2.27 bits per heavy atom. The van der Waals surface area contributed by atoms with Crippen molar-refractivity contribution >= 4 is 33.9 Å². The van der Waals surface area contributed by atoms with Crippen molar-refractivity contribution in [3.63, 3.8) is 0 Å². The van der Waals surface area contributed by atoms with Crippen LogP contribution in [0.5, 0.6) is 5.75 Å². The van der Waals surface area contributed by atoms with E-state index in [9.17, 15) is 5.11 Å². The van der Waals surface area contributed by atoms with Gasteiger partial charge in [0.25, 0.3) is 0 Å². The van der Waals surface area contributed by atoms with Crippen molar-refractivity contribution in [3.05, 3.63) is 49.2 Å². The van der Waals surface area contributed by atoms with Gasteiger partial charge in [-0.1, -0.05) is 12.1 Å². The topological polar surface area (TPSA) is 32.3 Å². The molecule has 1 heterocycles. The molecule has 1 aliphatic rings. The van der Waals surface area contributed by atoms with Gasteiger partial charge in [-0.2, -0.15) is 0 Å². The van der Waals surface area contributed by atoms with Gasteiger partial charge in [-0.05, 0) is 89.9 Å². The van der Waals surface area contributed by atoms with Crippen LogP contribution in [0.4, 0.5) is 0 Å². The lowest BCUT2D eigenvalue weighted by Crippen LogP contribution is -2.21. The van der Waals surface area contributed by atoms with E-state index in [-0.39, 0.29) is 0 Å². The lowest BCUT2D eigenvalue weighted by Gasteiger charge is -2.29. The summed E-state index contributed by atoms with van der Waals surface area (Å²) in [5.74, 6) is 1.62. The average Bonchev–Trinajstić information content (AvgIpc) is 3.05. The quantitative estimate of drug-likeness (QED) is 0.668. The zero-order valence-corrected chi connectivity index (χ0v) is 15.8. The molecule has 2 nitrogen and oxygen atoms in total. The first kappa shape index (κ1) is 16.3. The van der Waals surface area contributed by atoms with Crippen molar-refractivity contribution in [2.24, 2.45) is 0 Å². The van der Waals surface area contributed by atoms with Crippen molar-refractivity contribution in [1.82, 2.24) is 5.32 Å². The van der Waals surface area contributed by atoms with Gasteiger partial charge in [0, 0.05) is 17.3 Å². The molecule has 1 aromatic heterocycles. The minimum absolute atomic E-state index is 0.435. The summed E-state index contributed by atoms with van der Waals surface area (Å²) in [6, 6.07) is 8.44. The van der Waals surface area contributed by atoms with Gasteiger partial charge in [-0.15, -0.1) is 11.3 Å². The Balaban J connectivity index is 1.86. The average molecular weight is 427 g/mol. The predicted molar refractivity (Wildman–Crippen MR) is 102 cm³/mol. The fourth-order valence-electron chi connectivity index (χ4n) is 3.60. The molecule has 2 aromatic rings. The highest BCUT2D eigenvalue weighted by Crippen LogP contribution is 2.42. The van der Waals surface area contributed by atoms with E-state index < -0.39 is 0 Å². The second kappa shape index (κ2) is 7.32. The lowest BCUT2D eigenvalue weighted by molar-refractivity contribution is 0.451. The Kier molecular flexibility index (Phi) is 5.42. The van der Waals surface area contributed by atoms with Crippen LogP contribution < -0.4 is 5.32 Å². The summed E-state index contributed by atoms with van der Waals surface area (Å²) < 4.78 is 1.06. The van der Waals surface area contributed by atoms with Gasteiger partial charge in [-0.3, -0.25) is 0 Å². The third-order valence-electron chi connectivity index (χ3n) is 4.64. The molecule has 2 atom stereocenters. The molecule has 0 fully saturated rings. The summed E-state index contributed by atoms with van der Waals surface area (Å²) in [6.07, 6.45) is 4.79. The summed E-state index contributed by atoms with van der Waals surface area (Å²) in [5, 5.41) is 15.5. The fourth-order valence-corrected chi connectivity index (χ4v) is 5.20. The molecule has 0 saturated carbocycles. The first-order valence-electron chi connectivity index (χ1n) is 7.89. The van der Waals surface area contributed by atoms with Gasteiger partial charge in [0.1, 0.15) is 5.75 Å². The second-order valence-electron chi connectivity index (χ2n) is 6.06. The normalized spacial score (nSPS) is 18.9. The first-order valence-corrected chi connectivity index (χ1v) is 9.84. The molecule has 0 spiro atoms. The van der Waals surface area contributed by atoms with E-state index in [2.05, 4.69) is 51.5 Å². The SMILES string of the molecule is CNCC(CC1CCCc2c1ccc(O)c2I)c1cccs1. The molecule has 0 bridgehead atoms. The predicted octanol–water partition coefficient (Wildman–Crippen LogP) is 4.87. The van der Waals surface area contributed by atoms with Crippen LogP contribution in [-0.2, 0) is 6.42 Å². The van der Waals surface area contributed by atoms with E-state index in [1.165, 1.54) is 35.3 Å². The van der Waals surface area contributed by atoms with Crippen molar-refractivity contribution in [2.45, 2.75) is 37.5 Å². The molecule has 1 aliphatic carbocycles. The Morgan fingerprint density at radius 1 is 1.41 bits per heavy atom. The highest BCUT2D eigenvalue weighted by molar-refractivity contribution is 14.1. The number of benzene rings is 1. The van der Waals surface area contributed by atoms with Gasteiger partial charge in [0.05, 0.1) is 3.57 Å². The largest absolute Gasteiger partial charge is 0.507 e. The summed E-state index contributed by atoms with van der Waals surface area (Å²) in [7, 11) is 2.04. The van der Waals surface area contributed by atoms with E-state index in [1.54, 1.807) is 0 Å². The number of hydrogen-bond acceptors (Lipinski definition) is 3. The van der Waals surface area contributed by atoms with Crippen LogP contribution in [0.2, 0.25) is 0 Å². The van der Waals surface area contributed by atoms with Crippen molar-refractivity contribution < 1.29 is 5.11 Å². The van der Waals surface area contributed by atoms with Gasteiger partial charge >= 0.3 is 0 Å². The number of aromatic hydroxyl groups is 1. The van der Waals surface area contributed by atoms with Crippen molar-refractivity contribution in [2.75, 3.05) is 13.6 Å². The first-order chi connectivity index (χ1) is 10.7. The minimum Gasteiger partial charge on any atom is -0.507 e. The standard InChI is InChI=1S/C18H22INOS/c1-20-11-13(17-6-3-9-22-17)10-12-4-2-5-15-14(12)7-8-16(21)18(15)19/h3,6-9,12-13,20-21H,2,4-5,10-11H2,1H3. The van der Waals surface area contributed by atoms with Gasteiger partial charge in [0.2, 0.25) is 0 Å². The summed E-state index contributed by atoms with van der Waals surface area (Å²) in [6.45, 7) is 1.03. The number of thiophene rings is 1. The van der Waals surface area contributed by atoms with Crippen LogP contribution in [-0.4, -0.2) is 18.7 Å². The molecule has 4 heteroatoms. The maximum Gasteiger partial charge on any atom is 0.129 e. The third kappa shape index (κ3) is 3.34. The van der Waals surface area contributed by atoms with Crippen LogP contribution in [0.3, 0.4) is 0 Å². The summed E-state index contributed by atoms with van der Waals surface area (Å²) in [5.41, 5.74) is 2.84. The Morgan fingerprint density at radius 3 is 3.00 bits per heavy atom. The van der Waals surface area contributed by atoms with E-state index in [4.69, 9.17) is 0 Å². The van der Waals surface area contributed by atoms with E-state index >= 15 is 0 Å². The zero-order valence-electron chi connectivity index (χ0n) is 12.8. The Bertz CT molecular complexity index is 626. The third-order valence-corrected chi connectivity index (χ3v) is 6.88. The minimum atomic E-state index is 0.435. The number of fused-ring (bicyclic) bond motifs is 1. The van der Waals surface area contributed by atoms with Crippen LogP contribution in [0.25, 0.3) is 0 Å². The highest BCUT2D eigenvalue weighted by atomic mass is 127. The number of nitrogens with one attached hydrogen (secondary N) is 1. The van der Waals surface area contributed by atoms with Crippen molar-refractivity contribution in [3.8, 4) is 5.75 Å². The number of likely N-dealkylation sites (N-methyl/N-ethyl adjacent to an activating group) is 1. The zero-order chi connectivity index (χ0) is 15.5. The lowest BCUT2D eigenvalue weighted by atomic mass is 9.78. The Hall–Kier alpha value is -0.590. The van der Waals surface area contributed by atoms with E-state index in [0.29, 0.717) is 17.6 Å². The molecule has 2 unspecified atom stereocenters. The summed E-state index contributed by atoms with van der Waals surface area (Å²) >= 11 is 4.16. The molecule has 0 amide bonds. The summed E-state index contributed by atoms with van der Waals surface area (Å²) in [4.78, 5) is 1.48. The fraction of sp³-hybridized carbons (Fsp3) is 0.444. The molecule has 3 rings (SSSR count). The van der Waals surface area contributed by atoms with Gasteiger partial charge in [0.15, 0.2) is 0 Å². The molecule has 1 aromatic carbocycles. The Labute approximate surface area is 150 Å². The highest BCUT2D eigenvalue weighted by Gasteiger charge is 2.26. The number of halogens is 1. The molecule has 118 valence electrons. The number of rotatable bonds is 5. The molecule has 22 heavy (non-hydrogen) atoms. The van der Waals surface area contributed by atoms with Gasteiger partial charge in [-0.25, -0.2) is 0 Å². The number of phenolic OH excluding ortho intramolecular Hbond substituents is 1. The van der Waals surface area contributed by atoms with E-state index in [0.717, 1.165) is 16.5 Å². The van der Waals surface area contributed by atoms with E-state index in [1.807, 2.05) is 24.5 Å². The smallest absolute Gasteiger partial charge is 0.129 e.